The topological polar surface area (TPSA) is 103 Å². The number of aromatic nitrogens is 1. The smallest absolute Gasteiger partial charge is 0.354 e. The van der Waals surface area contributed by atoms with Gasteiger partial charge in [0.05, 0.1) is 4.92 Å². The summed E-state index contributed by atoms with van der Waals surface area (Å²) >= 11 is 0. The summed E-state index contributed by atoms with van der Waals surface area (Å²) in [7, 11) is 0. The molecule has 0 saturated heterocycles. The van der Waals surface area contributed by atoms with Gasteiger partial charge in [0.25, 0.3) is 5.88 Å². The molecule has 0 amide bonds. The van der Waals surface area contributed by atoms with Crippen LogP contribution in [0.4, 0.5) is 5.69 Å². The van der Waals surface area contributed by atoms with Crippen LogP contribution in [0.5, 0.6) is 5.88 Å². The Bertz CT molecular complexity index is 497. The van der Waals surface area contributed by atoms with Crippen LogP contribution in [0, 0.1) is 10.1 Å². The van der Waals surface area contributed by atoms with Gasteiger partial charge in [-0.1, -0.05) is 6.42 Å². The fourth-order valence-electron chi connectivity index (χ4n) is 2.12. The number of aromatic carboxylic acids is 1. The average Bonchev–Trinajstić information content (AvgIpc) is 2.39. The minimum atomic E-state index is -1.23. The van der Waals surface area contributed by atoms with Crippen molar-refractivity contribution in [2.24, 2.45) is 0 Å². The van der Waals surface area contributed by atoms with Crippen LogP contribution >= 0.6 is 0 Å². The summed E-state index contributed by atoms with van der Waals surface area (Å²) in [6, 6.07) is 2.23. The van der Waals surface area contributed by atoms with E-state index in [1.807, 2.05) is 0 Å². The molecule has 1 aliphatic rings. The van der Waals surface area contributed by atoms with E-state index in [0.717, 1.165) is 44.2 Å². The van der Waals surface area contributed by atoms with Crippen LogP contribution < -0.4 is 4.74 Å². The highest BCUT2D eigenvalue weighted by Gasteiger charge is 2.24. The third-order valence-corrected chi connectivity index (χ3v) is 3.09. The molecule has 1 saturated carbocycles. The van der Waals surface area contributed by atoms with Gasteiger partial charge in [-0.25, -0.2) is 9.78 Å². The third kappa shape index (κ3) is 3.18. The van der Waals surface area contributed by atoms with Gasteiger partial charge in [0.15, 0.2) is 5.69 Å². The van der Waals surface area contributed by atoms with Crippen LogP contribution in [0.2, 0.25) is 0 Å². The van der Waals surface area contributed by atoms with Crippen LogP contribution in [0.1, 0.15) is 42.6 Å². The van der Waals surface area contributed by atoms with Crippen LogP contribution in [0.3, 0.4) is 0 Å². The summed E-state index contributed by atoms with van der Waals surface area (Å²) in [5.74, 6) is -1.43. The van der Waals surface area contributed by atoms with Crippen molar-refractivity contribution in [1.82, 2.24) is 4.98 Å². The number of nitro groups is 1. The lowest BCUT2D eigenvalue weighted by Crippen LogP contribution is -2.21. The zero-order chi connectivity index (χ0) is 13.8. The van der Waals surface area contributed by atoms with E-state index in [4.69, 9.17) is 9.84 Å². The van der Waals surface area contributed by atoms with Gasteiger partial charge in [-0.2, -0.15) is 0 Å². The number of carbonyl (C=O) groups is 1. The van der Waals surface area contributed by atoms with Crippen molar-refractivity contribution in [2.75, 3.05) is 0 Å². The highest BCUT2D eigenvalue weighted by molar-refractivity contribution is 5.85. The van der Waals surface area contributed by atoms with E-state index >= 15 is 0 Å². The molecule has 0 aromatic carbocycles. The van der Waals surface area contributed by atoms with Gasteiger partial charge in [0.1, 0.15) is 6.10 Å². The monoisotopic (exact) mass is 266 g/mol. The minimum Gasteiger partial charge on any atom is -0.477 e. The molecule has 7 heteroatoms. The van der Waals surface area contributed by atoms with E-state index in [1.54, 1.807) is 0 Å². The Balaban J connectivity index is 2.26. The summed E-state index contributed by atoms with van der Waals surface area (Å²) in [6.45, 7) is 0. The van der Waals surface area contributed by atoms with E-state index in [1.165, 1.54) is 0 Å². The van der Waals surface area contributed by atoms with Gasteiger partial charge >= 0.3 is 11.7 Å². The SMILES string of the molecule is O=C(O)c1ccc([N+](=O)[O-])c(OC2CCCCC2)n1. The molecule has 102 valence electrons. The highest BCUT2D eigenvalue weighted by Crippen LogP contribution is 2.29. The maximum absolute atomic E-state index is 10.9. The lowest BCUT2D eigenvalue weighted by molar-refractivity contribution is -0.386. The molecule has 19 heavy (non-hydrogen) atoms. The van der Waals surface area contributed by atoms with E-state index in [9.17, 15) is 14.9 Å². The molecule has 0 atom stereocenters. The van der Waals surface area contributed by atoms with E-state index in [2.05, 4.69) is 4.98 Å². The van der Waals surface area contributed by atoms with Gasteiger partial charge < -0.3 is 9.84 Å². The number of pyridine rings is 1. The molecule has 1 fully saturated rings. The summed E-state index contributed by atoms with van der Waals surface area (Å²) in [6.07, 6.45) is 4.66. The van der Waals surface area contributed by atoms with Crippen molar-refractivity contribution in [1.29, 1.82) is 0 Å². The third-order valence-electron chi connectivity index (χ3n) is 3.09. The highest BCUT2D eigenvalue weighted by atomic mass is 16.6. The number of nitrogens with zero attached hydrogens (tertiary/aromatic N) is 2. The maximum Gasteiger partial charge on any atom is 0.354 e. The zero-order valence-corrected chi connectivity index (χ0v) is 10.2. The molecular formula is C12H14N2O5. The van der Waals surface area contributed by atoms with Gasteiger partial charge in [-0.3, -0.25) is 10.1 Å². The van der Waals surface area contributed by atoms with E-state index in [0.29, 0.717) is 0 Å². The standard InChI is InChI=1S/C12H14N2O5/c15-12(16)9-6-7-10(14(17)18)11(13-9)19-8-4-2-1-3-5-8/h6-8H,1-5H2,(H,15,16). The van der Waals surface area contributed by atoms with Crippen LogP contribution in [-0.4, -0.2) is 27.1 Å². The predicted octanol–water partition coefficient (Wildman–Crippen LogP) is 2.40. The lowest BCUT2D eigenvalue weighted by atomic mass is 9.98. The Hall–Kier alpha value is -2.18. The number of carboxylic acid groups (broad SMARTS) is 1. The first-order valence-electron chi connectivity index (χ1n) is 6.13. The summed E-state index contributed by atoms with van der Waals surface area (Å²) in [4.78, 5) is 24.8. The Labute approximate surface area is 109 Å². The molecule has 0 radical (unpaired) electrons. The first-order valence-corrected chi connectivity index (χ1v) is 6.13. The van der Waals surface area contributed by atoms with Gasteiger partial charge in [0.2, 0.25) is 0 Å². The lowest BCUT2D eigenvalue weighted by Gasteiger charge is -2.22. The Kier molecular flexibility index (Phi) is 3.94. The van der Waals surface area contributed by atoms with Crippen molar-refractivity contribution in [3.05, 3.63) is 27.9 Å². The first-order chi connectivity index (χ1) is 9.08. The fourth-order valence-corrected chi connectivity index (χ4v) is 2.12. The van der Waals surface area contributed by atoms with E-state index in [-0.39, 0.29) is 23.4 Å². The molecule has 1 aromatic heterocycles. The molecule has 0 bridgehead atoms. The zero-order valence-electron chi connectivity index (χ0n) is 10.2. The number of carboxylic acids is 1. The van der Waals surface area contributed by atoms with Gasteiger partial charge in [0, 0.05) is 6.07 Å². The van der Waals surface area contributed by atoms with Crippen molar-refractivity contribution in [3.63, 3.8) is 0 Å². The number of ether oxygens (including phenoxy) is 1. The molecule has 2 rings (SSSR count). The predicted molar refractivity (Wildman–Crippen MR) is 65.4 cm³/mol. The number of hydrogen-bond acceptors (Lipinski definition) is 5. The van der Waals surface area contributed by atoms with Crippen molar-refractivity contribution >= 4 is 11.7 Å². The second kappa shape index (κ2) is 5.64. The second-order valence-corrected chi connectivity index (χ2v) is 4.46. The van der Waals surface area contributed by atoms with Crippen LogP contribution in [0.25, 0.3) is 0 Å². The Morgan fingerprint density at radius 3 is 2.63 bits per heavy atom. The molecule has 1 aliphatic carbocycles. The molecule has 1 N–H and O–H groups in total. The average molecular weight is 266 g/mol. The van der Waals surface area contributed by atoms with E-state index < -0.39 is 10.9 Å². The number of rotatable bonds is 4. The summed E-state index contributed by atoms with van der Waals surface area (Å²) < 4.78 is 5.52. The van der Waals surface area contributed by atoms with Crippen molar-refractivity contribution in [3.8, 4) is 5.88 Å². The maximum atomic E-state index is 10.9. The molecule has 1 aromatic rings. The van der Waals surface area contributed by atoms with Crippen molar-refractivity contribution < 1.29 is 19.6 Å². The quantitative estimate of drug-likeness (QED) is 0.663. The first kappa shape index (κ1) is 13.3. The Morgan fingerprint density at radius 2 is 2.05 bits per heavy atom. The largest absolute Gasteiger partial charge is 0.477 e. The van der Waals surface area contributed by atoms with Gasteiger partial charge in [-0.05, 0) is 31.7 Å². The van der Waals surface area contributed by atoms with Crippen molar-refractivity contribution in [2.45, 2.75) is 38.2 Å². The fraction of sp³-hybridized carbons (Fsp3) is 0.500. The molecule has 1 heterocycles. The minimum absolute atomic E-state index is 0.121. The van der Waals surface area contributed by atoms with Crippen LogP contribution in [-0.2, 0) is 0 Å². The molecule has 7 nitrogen and oxygen atoms in total. The van der Waals surface area contributed by atoms with Crippen LogP contribution in [0.15, 0.2) is 12.1 Å². The molecule has 0 aliphatic heterocycles. The molecule has 0 spiro atoms. The number of hydrogen-bond donors (Lipinski definition) is 1. The summed E-state index contributed by atoms with van der Waals surface area (Å²) in [5, 5.41) is 19.7. The van der Waals surface area contributed by atoms with Gasteiger partial charge in [-0.15, -0.1) is 0 Å². The normalized spacial score (nSPS) is 16.0. The summed E-state index contributed by atoms with van der Waals surface area (Å²) in [5.41, 5.74) is -0.549. The molecule has 0 unspecified atom stereocenters. The second-order valence-electron chi connectivity index (χ2n) is 4.46. The Morgan fingerprint density at radius 1 is 1.37 bits per heavy atom. The molecular weight excluding hydrogens is 252 g/mol.